The number of nitrogens with one attached hydrogen (secondary N) is 1. The molecular formula is C15H28N6. The molecule has 2 heterocycles. The standard InChI is InChI=1S/C15H28N6/c1-6-20-7-9-21(10-8-20)13-11(2)12(19-16)17-14(18-13)15(3,4)5/h6-10,16H2,1-5H3,(H,17,18,19). The number of nitrogens with two attached hydrogens (primary N) is 1. The van der Waals surface area contributed by atoms with Crippen LogP contribution in [0.15, 0.2) is 0 Å². The van der Waals surface area contributed by atoms with Gasteiger partial charge in [-0.2, -0.15) is 0 Å². The molecule has 118 valence electrons. The van der Waals surface area contributed by atoms with Gasteiger partial charge in [0.1, 0.15) is 17.5 Å². The fourth-order valence-corrected chi connectivity index (χ4v) is 2.56. The van der Waals surface area contributed by atoms with Crippen LogP contribution in [0.3, 0.4) is 0 Å². The molecule has 0 saturated carbocycles. The molecular weight excluding hydrogens is 264 g/mol. The van der Waals surface area contributed by atoms with Gasteiger partial charge in [0, 0.05) is 37.2 Å². The third-order valence-corrected chi connectivity index (χ3v) is 4.05. The molecule has 1 aliphatic heterocycles. The Balaban J connectivity index is 2.34. The van der Waals surface area contributed by atoms with E-state index in [-0.39, 0.29) is 5.41 Å². The maximum absolute atomic E-state index is 5.64. The van der Waals surface area contributed by atoms with Crippen LogP contribution in [0.25, 0.3) is 0 Å². The Hall–Kier alpha value is -1.40. The highest BCUT2D eigenvalue weighted by Crippen LogP contribution is 2.28. The monoisotopic (exact) mass is 292 g/mol. The summed E-state index contributed by atoms with van der Waals surface area (Å²) in [6.45, 7) is 15.9. The highest BCUT2D eigenvalue weighted by atomic mass is 15.3. The summed E-state index contributed by atoms with van der Waals surface area (Å²) in [7, 11) is 0. The third kappa shape index (κ3) is 3.44. The van der Waals surface area contributed by atoms with Crippen molar-refractivity contribution in [2.75, 3.05) is 43.0 Å². The molecule has 6 nitrogen and oxygen atoms in total. The minimum atomic E-state index is -0.0979. The Kier molecular flexibility index (Phi) is 4.68. The van der Waals surface area contributed by atoms with Crippen LogP contribution in [0.4, 0.5) is 11.6 Å². The zero-order valence-electron chi connectivity index (χ0n) is 13.9. The normalized spacial score (nSPS) is 17.1. The minimum Gasteiger partial charge on any atom is -0.354 e. The Morgan fingerprint density at radius 3 is 2.24 bits per heavy atom. The Morgan fingerprint density at radius 2 is 1.76 bits per heavy atom. The maximum atomic E-state index is 5.64. The van der Waals surface area contributed by atoms with Crippen molar-refractivity contribution < 1.29 is 0 Å². The van der Waals surface area contributed by atoms with E-state index in [4.69, 9.17) is 10.8 Å². The Labute approximate surface area is 127 Å². The first-order valence-corrected chi connectivity index (χ1v) is 7.69. The van der Waals surface area contributed by atoms with E-state index in [2.05, 4.69) is 47.9 Å². The predicted molar refractivity (Wildman–Crippen MR) is 87.6 cm³/mol. The second-order valence-corrected chi connectivity index (χ2v) is 6.66. The van der Waals surface area contributed by atoms with Gasteiger partial charge in [-0.05, 0) is 13.5 Å². The first-order valence-electron chi connectivity index (χ1n) is 7.69. The van der Waals surface area contributed by atoms with Gasteiger partial charge >= 0.3 is 0 Å². The van der Waals surface area contributed by atoms with E-state index in [9.17, 15) is 0 Å². The minimum absolute atomic E-state index is 0.0979. The van der Waals surface area contributed by atoms with Gasteiger partial charge in [-0.15, -0.1) is 0 Å². The zero-order chi connectivity index (χ0) is 15.6. The van der Waals surface area contributed by atoms with Crippen molar-refractivity contribution in [1.29, 1.82) is 0 Å². The third-order valence-electron chi connectivity index (χ3n) is 4.05. The van der Waals surface area contributed by atoms with Crippen molar-refractivity contribution in [1.82, 2.24) is 14.9 Å². The number of piperazine rings is 1. The maximum Gasteiger partial charge on any atom is 0.148 e. The van der Waals surface area contributed by atoms with Gasteiger partial charge in [0.15, 0.2) is 0 Å². The Bertz CT molecular complexity index is 486. The molecule has 6 heteroatoms. The van der Waals surface area contributed by atoms with Crippen LogP contribution in [0.1, 0.15) is 39.1 Å². The highest BCUT2D eigenvalue weighted by Gasteiger charge is 2.25. The highest BCUT2D eigenvalue weighted by molar-refractivity contribution is 5.58. The van der Waals surface area contributed by atoms with Crippen LogP contribution < -0.4 is 16.2 Å². The van der Waals surface area contributed by atoms with Gasteiger partial charge in [0.25, 0.3) is 0 Å². The van der Waals surface area contributed by atoms with E-state index >= 15 is 0 Å². The lowest BCUT2D eigenvalue weighted by Gasteiger charge is -2.36. The second-order valence-electron chi connectivity index (χ2n) is 6.66. The second kappa shape index (κ2) is 6.15. The van der Waals surface area contributed by atoms with Crippen LogP contribution in [-0.4, -0.2) is 47.6 Å². The van der Waals surface area contributed by atoms with Gasteiger partial charge in [0.05, 0.1) is 0 Å². The van der Waals surface area contributed by atoms with Crippen LogP contribution in [-0.2, 0) is 5.41 Å². The van der Waals surface area contributed by atoms with Gasteiger partial charge in [0.2, 0.25) is 0 Å². The molecule has 1 saturated heterocycles. The molecule has 1 aliphatic rings. The summed E-state index contributed by atoms with van der Waals surface area (Å²) in [5.74, 6) is 8.20. The largest absolute Gasteiger partial charge is 0.354 e. The number of likely N-dealkylation sites (N-methyl/N-ethyl adjacent to an activating group) is 1. The fourth-order valence-electron chi connectivity index (χ4n) is 2.56. The van der Waals surface area contributed by atoms with Gasteiger partial charge in [-0.25, -0.2) is 15.8 Å². The first kappa shape index (κ1) is 16.0. The summed E-state index contributed by atoms with van der Waals surface area (Å²) < 4.78 is 0. The SMILES string of the molecule is CCN1CCN(c2nc(C(C)(C)C)nc(NN)c2C)CC1. The van der Waals surface area contributed by atoms with Crippen molar-refractivity contribution in [3.63, 3.8) is 0 Å². The number of rotatable bonds is 3. The van der Waals surface area contributed by atoms with Gasteiger partial charge in [-0.1, -0.05) is 27.7 Å². The number of nitrogens with zero attached hydrogens (tertiary/aromatic N) is 4. The van der Waals surface area contributed by atoms with Crippen molar-refractivity contribution in [3.8, 4) is 0 Å². The van der Waals surface area contributed by atoms with Crippen LogP contribution in [0, 0.1) is 6.92 Å². The molecule has 0 amide bonds. The van der Waals surface area contributed by atoms with Crippen molar-refractivity contribution in [2.45, 2.75) is 40.0 Å². The molecule has 3 N–H and O–H groups in total. The molecule has 2 rings (SSSR count). The van der Waals surface area contributed by atoms with Gasteiger partial charge in [-0.3, -0.25) is 0 Å². The molecule has 0 spiro atoms. The van der Waals surface area contributed by atoms with E-state index in [1.165, 1.54) is 0 Å². The summed E-state index contributed by atoms with van der Waals surface area (Å²) in [5.41, 5.74) is 3.64. The number of aromatic nitrogens is 2. The number of anilines is 2. The van der Waals surface area contributed by atoms with Crippen molar-refractivity contribution in [3.05, 3.63) is 11.4 Å². The predicted octanol–water partition coefficient (Wildman–Crippen LogP) is 1.51. The summed E-state index contributed by atoms with van der Waals surface area (Å²) in [4.78, 5) is 14.2. The number of hydrazine groups is 1. The summed E-state index contributed by atoms with van der Waals surface area (Å²) >= 11 is 0. The van der Waals surface area contributed by atoms with Crippen LogP contribution >= 0.6 is 0 Å². The molecule has 0 bridgehead atoms. The molecule has 0 atom stereocenters. The lowest BCUT2D eigenvalue weighted by molar-refractivity contribution is 0.270. The number of hydrogen-bond donors (Lipinski definition) is 2. The van der Waals surface area contributed by atoms with Crippen LogP contribution in [0.2, 0.25) is 0 Å². The van der Waals surface area contributed by atoms with Gasteiger partial charge < -0.3 is 15.2 Å². The van der Waals surface area contributed by atoms with E-state index in [0.29, 0.717) is 0 Å². The fraction of sp³-hybridized carbons (Fsp3) is 0.733. The first-order chi connectivity index (χ1) is 9.86. The topological polar surface area (TPSA) is 70.3 Å². The van der Waals surface area contributed by atoms with Crippen LogP contribution in [0.5, 0.6) is 0 Å². The molecule has 0 aliphatic carbocycles. The summed E-state index contributed by atoms with van der Waals surface area (Å²) in [6, 6.07) is 0. The quantitative estimate of drug-likeness (QED) is 0.650. The molecule has 0 aromatic carbocycles. The average Bonchev–Trinajstić information content (AvgIpc) is 2.46. The van der Waals surface area contributed by atoms with E-state index in [0.717, 1.165) is 55.7 Å². The lowest BCUT2D eigenvalue weighted by Crippen LogP contribution is -2.47. The van der Waals surface area contributed by atoms with E-state index in [1.54, 1.807) is 0 Å². The average molecular weight is 292 g/mol. The summed E-state index contributed by atoms with van der Waals surface area (Å²) in [5, 5.41) is 0. The molecule has 1 fully saturated rings. The molecule has 0 unspecified atom stereocenters. The van der Waals surface area contributed by atoms with E-state index < -0.39 is 0 Å². The molecule has 21 heavy (non-hydrogen) atoms. The van der Waals surface area contributed by atoms with E-state index in [1.807, 2.05) is 6.92 Å². The number of nitrogen functional groups attached to an aromatic ring is 1. The number of hydrogen-bond acceptors (Lipinski definition) is 6. The Morgan fingerprint density at radius 1 is 1.14 bits per heavy atom. The van der Waals surface area contributed by atoms with Crippen molar-refractivity contribution in [2.24, 2.45) is 5.84 Å². The summed E-state index contributed by atoms with van der Waals surface area (Å²) in [6.07, 6.45) is 0. The molecule has 1 aromatic heterocycles. The lowest BCUT2D eigenvalue weighted by atomic mass is 9.95. The van der Waals surface area contributed by atoms with Crippen molar-refractivity contribution >= 4 is 11.6 Å². The zero-order valence-corrected chi connectivity index (χ0v) is 13.9. The molecule has 1 aromatic rings. The molecule has 0 radical (unpaired) electrons. The smallest absolute Gasteiger partial charge is 0.148 e.